The zero-order valence-electron chi connectivity index (χ0n) is 16.4. The summed E-state index contributed by atoms with van der Waals surface area (Å²) in [5.74, 6) is 0. The maximum atomic E-state index is 2.61. The van der Waals surface area contributed by atoms with Crippen LogP contribution < -0.4 is 0 Å². The maximum absolute atomic E-state index is 2.61. The minimum absolute atomic E-state index is 1.05. The van der Waals surface area contributed by atoms with Crippen molar-refractivity contribution in [2.45, 2.75) is 71.1 Å². The molecule has 0 N–H and O–H groups in total. The lowest BCUT2D eigenvalue weighted by molar-refractivity contribution is 0.330. The minimum atomic E-state index is 1.05. The molecule has 140 valence electrons. The van der Waals surface area contributed by atoms with E-state index in [1.54, 1.807) is 0 Å². The Labute approximate surface area is 156 Å². The molecule has 1 heterocycles. The van der Waals surface area contributed by atoms with Gasteiger partial charge in [-0.05, 0) is 83.8 Å². The number of allylic oxidation sites excluding steroid dienone is 10. The van der Waals surface area contributed by atoms with Gasteiger partial charge in [0.05, 0.1) is 0 Å². The van der Waals surface area contributed by atoms with E-state index in [0.717, 1.165) is 32.1 Å². The second kappa shape index (κ2) is 17.5. The van der Waals surface area contributed by atoms with Crippen molar-refractivity contribution in [2.24, 2.45) is 0 Å². The molecular weight excluding hydrogens is 302 g/mol. The number of hydrogen-bond acceptors (Lipinski definition) is 1. The van der Waals surface area contributed by atoms with Gasteiger partial charge in [0.1, 0.15) is 0 Å². The Hall–Kier alpha value is -1.34. The van der Waals surface area contributed by atoms with Crippen LogP contribution in [0.5, 0.6) is 0 Å². The third-order valence-corrected chi connectivity index (χ3v) is 4.45. The Balaban J connectivity index is 1.86. The van der Waals surface area contributed by atoms with Gasteiger partial charge in [-0.15, -0.1) is 0 Å². The van der Waals surface area contributed by atoms with Gasteiger partial charge >= 0.3 is 0 Å². The molecule has 1 saturated heterocycles. The Kier molecular flexibility index (Phi) is 15.2. The molecule has 0 unspecified atom stereocenters. The molecule has 25 heavy (non-hydrogen) atoms. The highest BCUT2D eigenvalue weighted by atomic mass is 15.1. The monoisotopic (exact) mass is 341 g/mol. The smallest absolute Gasteiger partial charge is 0.00183 e. The topological polar surface area (TPSA) is 3.24 Å². The number of hydrogen-bond donors (Lipinski definition) is 0. The highest BCUT2D eigenvalue weighted by molar-refractivity contribution is 5.00. The van der Waals surface area contributed by atoms with Crippen LogP contribution in [0.2, 0.25) is 0 Å². The zero-order valence-corrected chi connectivity index (χ0v) is 16.4. The van der Waals surface area contributed by atoms with E-state index in [1.165, 1.54) is 51.7 Å². The SMILES string of the molecule is CC/C=C\C/C=C\C/C=C\C/C=C\C/C=C\CCCCN1CCCC1. The van der Waals surface area contributed by atoms with Crippen molar-refractivity contribution < 1.29 is 0 Å². The molecule has 0 spiro atoms. The second-order valence-corrected chi connectivity index (χ2v) is 6.75. The average molecular weight is 342 g/mol. The first-order valence-electron chi connectivity index (χ1n) is 10.4. The molecule has 1 heteroatoms. The summed E-state index contributed by atoms with van der Waals surface area (Å²) in [6.07, 6.45) is 34.7. The summed E-state index contributed by atoms with van der Waals surface area (Å²) >= 11 is 0. The van der Waals surface area contributed by atoms with Crippen LogP contribution in [0.4, 0.5) is 0 Å². The summed E-state index contributed by atoms with van der Waals surface area (Å²) in [5, 5.41) is 0. The van der Waals surface area contributed by atoms with E-state index < -0.39 is 0 Å². The van der Waals surface area contributed by atoms with Crippen LogP contribution in [0.1, 0.15) is 71.1 Å². The summed E-state index contributed by atoms with van der Waals surface area (Å²) in [4.78, 5) is 2.61. The van der Waals surface area contributed by atoms with Crippen molar-refractivity contribution in [3.05, 3.63) is 60.8 Å². The van der Waals surface area contributed by atoms with E-state index in [9.17, 15) is 0 Å². The van der Waals surface area contributed by atoms with Crippen molar-refractivity contribution in [2.75, 3.05) is 19.6 Å². The van der Waals surface area contributed by atoms with Crippen molar-refractivity contribution in [1.82, 2.24) is 4.90 Å². The van der Waals surface area contributed by atoms with Crippen LogP contribution in [-0.4, -0.2) is 24.5 Å². The number of rotatable bonds is 14. The van der Waals surface area contributed by atoms with Gasteiger partial charge in [-0.3, -0.25) is 0 Å². The van der Waals surface area contributed by atoms with E-state index in [1.807, 2.05) is 0 Å². The molecule has 0 bridgehead atoms. The van der Waals surface area contributed by atoms with Gasteiger partial charge in [-0.25, -0.2) is 0 Å². The molecule has 1 rings (SSSR count). The van der Waals surface area contributed by atoms with Crippen LogP contribution in [-0.2, 0) is 0 Å². The highest BCUT2D eigenvalue weighted by Gasteiger charge is 2.09. The largest absolute Gasteiger partial charge is 0.303 e. The average Bonchev–Trinajstić information content (AvgIpc) is 3.14. The van der Waals surface area contributed by atoms with Gasteiger partial charge in [0, 0.05) is 0 Å². The first-order chi connectivity index (χ1) is 12.4. The van der Waals surface area contributed by atoms with Crippen LogP contribution in [0.15, 0.2) is 60.8 Å². The normalized spacial score (nSPS) is 16.8. The van der Waals surface area contributed by atoms with E-state index in [-0.39, 0.29) is 0 Å². The molecule has 0 radical (unpaired) electrons. The van der Waals surface area contributed by atoms with Crippen molar-refractivity contribution in [1.29, 1.82) is 0 Å². The fourth-order valence-corrected chi connectivity index (χ4v) is 2.97. The predicted octanol–water partition coefficient (Wildman–Crippen LogP) is 7.00. The summed E-state index contributed by atoms with van der Waals surface area (Å²) in [5.41, 5.74) is 0. The van der Waals surface area contributed by atoms with Gasteiger partial charge < -0.3 is 4.90 Å². The molecule has 1 nitrogen and oxygen atoms in total. The van der Waals surface area contributed by atoms with Gasteiger partial charge in [0.2, 0.25) is 0 Å². The summed E-state index contributed by atoms with van der Waals surface area (Å²) in [7, 11) is 0. The molecule has 1 aliphatic rings. The zero-order chi connectivity index (χ0) is 17.8. The Bertz CT molecular complexity index is 419. The van der Waals surface area contributed by atoms with Gasteiger partial charge in [0.25, 0.3) is 0 Å². The summed E-state index contributed by atoms with van der Waals surface area (Å²) in [6.45, 7) is 6.15. The van der Waals surface area contributed by atoms with Crippen LogP contribution in [0.3, 0.4) is 0 Å². The lowest BCUT2D eigenvalue weighted by atomic mass is 10.2. The Morgan fingerprint density at radius 2 is 1.08 bits per heavy atom. The van der Waals surface area contributed by atoms with E-state index >= 15 is 0 Å². The third kappa shape index (κ3) is 14.7. The quantitative estimate of drug-likeness (QED) is 0.243. The molecule has 1 aliphatic heterocycles. The fraction of sp³-hybridized carbons (Fsp3) is 0.583. The lowest BCUT2D eigenvalue weighted by Gasteiger charge is -2.13. The van der Waals surface area contributed by atoms with E-state index in [0.29, 0.717) is 0 Å². The first-order valence-corrected chi connectivity index (χ1v) is 10.4. The number of unbranched alkanes of at least 4 members (excludes halogenated alkanes) is 2. The van der Waals surface area contributed by atoms with Gasteiger partial charge in [-0.1, -0.05) is 67.7 Å². The lowest BCUT2D eigenvalue weighted by Crippen LogP contribution is -2.20. The van der Waals surface area contributed by atoms with Crippen molar-refractivity contribution in [3.63, 3.8) is 0 Å². The highest BCUT2D eigenvalue weighted by Crippen LogP contribution is 2.09. The van der Waals surface area contributed by atoms with Crippen LogP contribution in [0.25, 0.3) is 0 Å². The Morgan fingerprint density at radius 3 is 1.60 bits per heavy atom. The van der Waals surface area contributed by atoms with E-state index in [4.69, 9.17) is 0 Å². The fourth-order valence-electron chi connectivity index (χ4n) is 2.97. The van der Waals surface area contributed by atoms with Crippen molar-refractivity contribution >= 4 is 0 Å². The van der Waals surface area contributed by atoms with Gasteiger partial charge in [0.15, 0.2) is 0 Å². The molecule has 0 saturated carbocycles. The molecular formula is C24H39N. The molecule has 0 aromatic heterocycles. The first kappa shape index (κ1) is 21.7. The molecule has 0 aromatic carbocycles. The minimum Gasteiger partial charge on any atom is -0.303 e. The third-order valence-electron chi connectivity index (χ3n) is 4.45. The van der Waals surface area contributed by atoms with Crippen LogP contribution in [0, 0.1) is 0 Å². The maximum Gasteiger partial charge on any atom is -0.00183 e. The molecule has 0 aliphatic carbocycles. The van der Waals surface area contributed by atoms with Crippen molar-refractivity contribution in [3.8, 4) is 0 Å². The van der Waals surface area contributed by atoms with Gasteiger partial charge in [-0.2, -0.15) is 0 Å². The standard InChI is InChI=1S/C24H39N/c1-2-3-4-5-6-7-8-9-10-11-12-13-14-15-16-17-18-19-22-25-23-20-21-24-25/h3-4,6-7,9-10,12-13,15-16H,2,5,8,11,14,17-24H2,1H3/b4-3-,7-6-,10-9-,13-12-,16-15-. The predicted molar refractivity (Wildman–Crippen MR) is 114 cm³/mol. The number of likely N-dealkylation sites (tertiary alicyclic amines) is 1. The molecule has 0 atom stereocenters. The molecule has 0 aromatic rings. The Morgan fingerprint density at radius 1 is 0.600 bits per heavy atom. The number of nitrogens with zero attached hydrogens (tertiary/aromatic N) is 1. The van der Waals surface area contributed by atoms with E-state index in [2.05, 4.69) is 72.6 Å². The molecule has 0 amide bonds. The summed E-state index contributed by atoms with van der Waals surface area (Å²) in [6, 6.07) is 0. The summed E-state index contributed by atoms with van der Waals surface area (Å²) < 4.78 is 0. The second-order valence-electron chi connectivity index (χ2n) is 6.75. The molecule has 1 fully saturated rings. The van der Waals surface area contributed by atoms with Crippen LogP contribution >= 0.6 is 0 Å².